The van der Waals surface area contributed by atoms with Crippen LogP contribution in [0, 0.1) is 13.8 Å². The van der Waals surface area contributed by atoms with E-state index in [0.29, 0.717) is 13.1 Å². The van der Waals surface area contributed by atoms with Gasteiger partial charge in [-0.05, 0) is 61.7 Å². The highest BCUT2D eigenvalue weighted by Gasteiger charge is 2.11. The maximum atomic E-state index is 12.1. The Morgan fingerprint density at radius 1 is 1.00 bits per heavy atom. The fourth-order valence-electron chi connectivity index (χ4n) is 3.34. The van der Waals surface area contributed by atoms with Gasteiger partial charge in [0.05, 0.1) is 7.11 Å². The quantitative estimate of drug-likeness (QED) is 0.650. The van der Waals surface area contributed by atoms with Gasteiger partial charge in [0.15, 0.2) is 0 Å². The first-order chi connectivity index (χ1) is 13.6. The van der Waals surface area contributed by atoms with Crippen molar-refractivity contribution < 1.29 is 9.53 Å². The normalized spacial score (nSPS) is 10.5. The van der Waals surface area contributed by atoms with Crippen LogP contribution >= 0.6 is 0 Å². The third-order valence-corrected chi connectivity index (χ3v) is 4.85. The number of rotatable bonds is 7. The van der Waals surface area contributed by atoms with Crippen molar-refractivity contribution in [2.45, 2.75) is 26.8 Å². The van der Waals surface area contributed by atoms with Crippen LogP contribution in [0.1, 0.15) is 22.5 Å². The second kappa shape index (κ2) is 9.13. The van der Waals surface area contributed by atoms with Crippen molar-refractivity contribution in [1.82, 2.24) is 15.2 Å². The molecular weight excluding hydrogens is 350 g/mol. The van der Waals surface area contributed by atoms with Gasteiger partial charge in [0.25, 0.3) is 0 Å². The number of hydrogen-bond acceptors (Lipinski definition) is 2. The Balaban J connectivity index is 1.56. The Morgan fingerprint density at radius 2 is 1.71 bits per heavy atom. The molecule has 0 fully saturated rings. The Morgan fingerprint density at radius 3 is 2.39 bits per heavy atom. The lowest BCUT2D eigenvalue weighted by Gasteiger charge is -2.11. The second-order valence-electron chi connectivity index (χ2n) is 6.77. The average Bonchev–Trinajstić information content (AvgIpc) is 3.00. The van der Waals surface area contributed by atoms with Crippen molar-refractivity contribution in [3.05, 3.63) is 83.2 Å². The molecule has 2 amide bonds. The maximum Gasteiger partial charge on any atom is 0.315 e. The lowest BCUT2D eigenvalue weighted by atomic mass is 10.1. The molecule has 2 aromatic carbocycles. The standard InChI is InChI=1S/C23H27N3O2/c1-17-15-20(18(2)26(17)21-9-11-22(28-3)12-10-21)16-25-23(27)24-14-13-19-7-5-4-6-8-19/h4-12,15H,13-14,16H2,1-3H3,(H2,24,25,27). The summed E-state index contributed by atoms with van der Waals surface area (Å²) in [5, 5.41) is 5.87. The number of nitrogens with zero attached hydrogens (tertiary/aromatic N) is 1. The Bertz CT molecular complexity index is 915. The van der Waals surface area contributed by atoms with Gasteiger partial charge >= 0.3 is 6.03 Å². The van der Waals surface area contributed by atoms with Crippen LogP contribution in [0.15, 0.2) is 60.7 Å². The number of urea groups is 1. The van der Waals surface area contributed by atoms with E-state index < -0.39 is 0 Å². The van der Waals surface area contributed by atoms with Crippen LogP contribution in [0.2, 0.25) is 0 Å². The first kappa shape index (κ1) is 19.5. The summed E-state index contributed by atoms with van der Waals surface area (Å²) in [6.45, 7) is 5.25. The minimum absolute atomic E-state index is 0.148. The van der Waals surface area contributed by atoms with Crippen LogP contribution < -0.4 is 15.4 Å². The molecule has 0 saturated heterocycles. The lowest BCUT2D eigenvalue weighted by molar-refractivity contribution is 0.240. The zero-order valence-corrected chi connectivity index (χ0v) is 16.7. The maximum absolute atomic E-state index is 12.1. The number of aromatic nitrogens is 1. The minimum atomic E-state index is -0.148. The van der Waals surface area contributed by atoms with Crippen LogP contribution in [0.5, 0.6) is 5.75 Å². The molecule has 28 heavy (non-hydrogen) atoms. The van der Waals surface area contributed by atoms with Crippen molar-refractivity contribution >= 4 is 6.03 Å². The minimum Gasteiger partial charge on any atom is -0.497 e. The molecule has 0 atom stereocenters. The largest absolute Gasteiger partial charge is 0.497 e. The fourth-order valence-corrected chi connectivity index (χ4v) is 3.34. The highest BCUT2D eigenvalue weighted by atomic mass is 16.5. The average molecular weight is 377 g/mol. The molecule has 0 aliphatic carbocycles. The molecule has 3 rings (SSSR count). The number of ether oxygens (including phenoxy) is 1. The molecule has 146 valence electrons. The van der Waals surface area contributed by atoms with Crippen molar-refractivity contribution in [3.63, 3.8) is 0 Å². The number of hydrogen-bond donors (Lipinski definition) is 2. The van der Waals surface area contributed by atoms with Gasteiger partial charge in [0.1, 0.15) is 5.75 Å². The van der Waals surface area contributed by atoms with Gasteiger partial charge in [0, 0.05) is 30.2 Å². The van der Waals surface area contributed by atoms with Crippen molar-refractivity contribution in [1.29, 1.82) is 0 Å². The molecule has 0 unspecified atom stereocenters. The summed E-state index contributed by atoms with van der Waals surface area (Å²) in [5.41, 5.74) is 5.64. The van der Waals surface area contributed by atoms with Crippen molar-refractivity contribution in [2.75, 3.05) is 13.7 Å². The van der Waals surface area contributed by atoms with E-state index in [1.807, 2.05) is 42.5 Å². The molecular formula is C23H27N3O2. The molecule has 1 heterocycles. The van der Waals surface area contributed by atoms with Crippen LogP contribution in [0.25, 0.3) is 5.69 Å². The van der Waals surface area contributed by atoms with Crippen LogP contribution in [-0.4, -0.2) is 24.3 Å². The zero-order chi connectivity index (χ0) is 19.9. The number of benzene rings is 2. The zero-order valence-electron chi connectivity index (χ0n) is 16.7. The number of aryl methyl sites for hydroxylation is 1. The van der Waals surface area contributed by atoms with Crippen LogP contribution in [-0.2, 0) is 13.0 Å². The smallest absolute Gasteiger partial charge is 0.315 e. The SMILES string of the molecule is COc1ccc(-n2c(C)cc(CNC(=O)NCCc3ccccc3)c2C)cc1. The van der Waals surface area contributed by atoms with Crippen molar-refractivity contribution in [2.24, 2.45) is 0 Å². The molecule has 0 radical (unpaired) electrons. The first-order valence-corrected chi connectivity index (χ1v) is 9.46. The summed E-state index contributed by atoms with van der Waals surface area (Å²) in [7, 11) is 1.66. The molecule has 0 bridgehead atoms. The number of amides is 2. The van der Waals surface area contributed by atoms with E-state index in [9.17, 15) is 4.79 Å². The van der Waals surface area contributed by atoms with E-state index in [2.05, 4.69) is 47.2 Å². The van der Waals surface area contributed by atoms with Gasteiger partial charge in [-0.2, -0.15) is 0 Å². The summed E-state index contributed by atoms with van der Waals surface area (Å²) in [6.07, 6.45) is 0.820. The Hall–Kier alpha value is -3.21. The number of nitrogens with one attached hydrogen (secondary N) is 2. The highest BCUT2D eigenvalue weighted by Crippen LogP contribution is 2.22. The molecule has 3 aromatic rings. The monoisotopic (exact) mass is 377 g/mol. The number of methoxy groups -OCH3 is 1. The topological polar surface area (TPSA) is 55.3 Å². The molecule has 0 spiro atoms. The molecule has 2 N–H and O–H groups in total. The number of carbonyl (C=O) groups excluding carboxylic acids is 1. The van der Waals surface area contributed by atoms with Gasteiger partial charge in [-0.15, -0.1) is 0 Å². The van der Waals surface area contributed by atoms with Gasteiger partial charge < -0.3 is 19.9 Å². The van der Waals surface area contributed by atoms with Gasteiger partial charge in [-0.25, -0.2) is 4.79 Å². The molecule has 5 heteroatoms. The summed E-state index contributed by atoms with van der Waals surface area (Å²) in [5.74, 6) is 0.834. The Kier molecular flexibility index (Phi) is 6.37. The Labute approximate surface area is 166 Å². The highest BCUT2D eigenvalue weighted by molar-refractivity contribution is 5.73. The predicted molar refractivity (Wildman–Crippen MR) is 112 cm³/mol. The lowest BCUT2D eigenvalue weighted by Crippen LogP contribution is -2.36. The molecule has 0 saturated carbocycles. The van der Waals surface area contributed by atoms with Crippen molar-refractivity contribution in [3.8, 4) is 11.4 Å². The van der Waals surface area contributed by atoms with E-state index in [1.54, 1.807) is 7.11 Å². The fraction of sp³-hybridized carbons (Fsp3) is 0.261. The van der Waals surface area contributed by atoms with Crippen LogP contribution in [0.4, 0.5) is 4.79 Å². The third-order valence-electron chi connectivity index (χ3n) is 4.85. The van der Waals surface area contributed by atoms with Crippen LogP contribution in [0.3, 0.4) is 0 Å². The molecule has 0 aliphatic heterocycles. The van der Waals surface area contributed by atoms with E-state index >= 15 is 0 Å². The van der Waals surface area contributed by atoms with Gasteiger partial charge in [-0.3, -0.25) is 0 Å². The molecule has 1 aromatic heterocycles. The van der Waals surface area contributed by atoms with E-state index in [-0.39, 0.29) is 6.03 Å². The van der Waals surface area contributed by atoms with E-state index in [1.165, 1.54) is 5.56 Å². The van der Waals surface area contributed by atoms with Gasteiger partial charge in [0.2, 0.25) is 0 Å². The van der Waals surface area contributed by atoms with E-state index in [0.717, 1.165) is 34.8 Å². The summed E-state index contributed by atoms with van der Waals surface area (Å²) >= 11 is 0. The van der Waals surface area contributed by atoms with E-state index in [4.69, 9.17) is 4.74 Å². The summed E-state index contributed by atoms with van der Waals surface area (Å²) in [6, 6.07) is 20.1. The molecule has 0 aliphatic rings. The van der Waals surface area contributed by atoms with Gasteiger partial charge in [-0.1, -0.05) is 30.3 Å². The predicted octanol–water partition coefficient (Wildman–Crippen LogP) is 4.14. The first-order valence-electron chi connectivity index (χ1n) is 9.46. The third kappa shape index (κ3) is 4.74. The summed E-state index contributed by atoms with van der Waals surface area (Å²) in [4.78, 5) is 12.1. The summed E-state index contributed by atoms with van der Waals surface area (Å²) < 4.78 is 7.42. The number of carbonyl (C=O) groups is 1. The molecule has 5 nitrogen and oxygen atoms in total. The second-order valence-corrected chi connectivity index (χ2v) is 6.77.